The second kappa shape index (κ2) is 11.2. The van der Waals surface area contributed by atoms with Crippen LogP contribution in [0.1, 0.15) is 57.4 Å². The van der Waals surface area contributed by atoms with Crippen molar-refractivity contribution < 1.29 is 4.39 Å². The third kappa shape index (κ3) is 7.54. The number of hydrogen-bond acceptors (Lipinski definition) is 1. The number of rotatable bonds is 5. The first-order chi connectivity index (χ1) is 8.77. The number of hydrogen-bond donors (Lipinski definition) is 1. The van der Waals surface area contributed by atoms with E-state index in [4.69, 9.17) is 0 Å². The number of halogens is 2. The molecule has 0 saturated carbocycles. The Morgan fingerprint density at radius 1 is 1.11 bits per heavy atom. The largest absolute Gasteiger partial charge is 0.315 e. The van der Waals surface area contributed by atoms with Crippen LogP contribution in [-0.4, -0.2) is 13.1 Å². The number of benzene rings is 1. The van der Waals surface area contributed by atoms with Crippen LogP contribution in [0.15, 0.2) is 24.3 Å². The minimum atomic E-state index is -0.130. The first-order valence-corrected chi connectivity index (χ1v) is 7.24. The Bertz CT molecular complexity index is 322. The van der Waals surface area contributed by atoms with Gasteiger partial charge in [0, 0.05) is 19.0 Å². The molecule has 1 aliphatic rings. The standard InChI is InChI=1S/C9H10FN.C7H16.ClH/c10-9-3-1-2-7(4-9)8-5-11-6-8;1-3-5-7-6-4-2;/h1-4,8,11H,5-6H2;3-7H2,1-2H3;1H. The van der Waals surface area contributed by atoms with Crippen LogP contribution in [0.4, 0.5) is 4.39 Å². The molecule has 0 bridgehead atoms. The van der Waals surface area contributed by atoms with Gasteiger partial charge in [-0.1, -0.05) is 58.1 Å². The average molecular weight is 288 g/mol. The molecule has 1 heterocycles. The summed E-state index contributed by atoms with van der Waals surface area (Å²) in [5, 5.41) is 3.16. The molecule has 3 heteroatoms. The van der Waals surface area contributed by atoms with E-state index in [0.29, 0.717) is 5.92 Å². The van der Waals surface area contributed by atoms with Crippen LogP contribution >= 0.6 is 12.4 Å². The maximum Gasteiger partial charge on any atom is 0.123 e. The Kier molecular flexibility index (Phi) is 10.9. The van der Waals surface area contributed by atoms with Crippen LogP contribution < -0.4 is 5.32 Å². The van der Waals surface area contributed by atoms with Crippen molar-refractivity contribution in [3.8, 4) is 0 Å². The van der Waals surface area contributed by atoms with Crippen molar-refractivity contribution in [2.24, 2.45) is 0 Å². The first kappa shape index (κ1) is 18.4. The molecule has 0 aromatic heterocycles. The molecule has 0 spiro atoms. The maximum atomic E-state index is 12.7. The summed E-state index contributed by atoms with van der Waals surface area (Å²) in [6, 6.07) is 6.85. The molecule has 1 N–H and O–H groups in total. The monoisotopic (exact) mass is 287 g/mol. The van der Waals surface area contributed by atoms with E-state index in [9.17, 15) is 4.39 Å². The Labute approximate surface area is 123 Å². The van der Waals surface area contributed by atoms with E-state index in [2.05, 4.69) is 19.2 Å². The molecule has 110 valence electrons. The lowest BCUT2D eigenvalue weighted by Gasteiger charge is -2.27. The fourth-order valence-corrected chi connectivity index (χ4v) is 1.96. The predicted molar refractivity (Wildman–Crippen MR) is 83.7 cm³/mol. The van der Waals surface area contributed by atoms with Crippen molar-refractivity contribution in [1.82, 2.24) is 5.32 Å². The van der Waals surface area contributed by atoms with Crippen molar-refractivity contribution in [3.05, 3.63) is 35.6 Å². The van der Waals surface area contributed by atoms with Gasteiger partial charge in [0.2, 0.25) is 0 Å². The highest BCUT2D eigenvalue weighted by atomic mass is 35.5. The van der Waals surface area contributed by atoms with Crippen molar-refractivity contribution in [1.29, 1.82) is 0 Å². The van der Waals surface area contributed by atoms with E-state index >= 15 is 0 Å². The molecule has 0 atom stereocenters. The highest BCUT2D eigenvalue weighted by molar-refractivity contribution is 5.85. The molecule has 1 aromatic rings. The minimum Gasteiger partial charge on any atom is -0.315 e. The highest BCUT2D eigenvalue weighted by Crippen LogP contribution is 2.19. The van der Waals surface area contributed by atoms with Gasteiger partial charge < -0.3 is 5.32 Å². The zero-order valence-corrected chi connectivity index (χ0v) is 12.9. The van der Waals surface area contributed by atoms with Gasteiger partial charge in [0.1, 0.15) is 5.82 Å². The van der Waals surface area contributed by atoms with E-state index in [0.717, 1.165) is 18.7 Å². The normalized spacial score (nSPS) is 13.8. The minimum absolute atomic E-state index is 0. The van der Waals surface area contributed by atoms with Crippen LogP contribution in [0.3, 0.4) is 0 Å². The van der Waals surface area contributed by atoms with E-state index in [1.165, 1.54) is 38.2 Å². The van der Waals surface area contributed by atoms with E-state index in [1.807, 2.05) is 6.07 Å². The smallest absolute Gasteiger partial charge is 0.123 e. The average Bonchev–Trinajstić information content (AvgIpc) is 2.28. The molecule has 19 heavy (non-hydrogen) atoms. The van der Waals surface area contributed by atoms with E-state index < -0.39 is 0 Å². The fourth-order valence-electron chi connectivity index (χ4n) is 1.96. The summed E-state index contributed by atoms with van der Waals surface area (Å²) < 4.78 is 12.7. The van der Waals surface area contributed by atoms with E-state index in [-0.39, 0.29) is 18.2 Å². The van der Waals surface area contributed by atoms with Crippen LogP contribution in [0.2, 0.25) is 0 Å². The van der Waals surface area contributed by atoms with Crippen molar-refractivity contribution in [2.45, 2.75) is 51.9 Å². The third-order valence-corrected chi connectivity index (χ3v) is 3.31. The first-order valence-electron chi connectivity index (χ1n) is 7.24. The van der Waals surface area contributed by atoms with Crippen LogP contribution in [-0.2, 0) is 0 Å². The topological polar surface area (TPSA) is 12.0 Å². The second-order valence-corrected chi connectivity index (χ2v) is 4.97. The zero-order valence-electron chi connectivity index (χ0n) is 12.1. The SMILES string of the molecule is CCCCCCC.Cl.Fc1cccc(C2CNC2)c1. The molecule has 1 aromatic carbocycles. The Balaban J connectivity index is 0.000000360. The summed E-state index contributed by atoms with van der Waals surface area (Å²) >= 11 is 0. The summed E-state index contributed by atoms with van der Waals surface area (Å²) in [5.41, 5.74) is 1.11. The summed E-state index contributed by atoms with van der Waals surface area (Å²) in [5.74, 6) is 0.403. The van der Waals surface area contributed by atoms with Gasteiger partial charge in [-0.05, 0) is 17.7 Å². The maximum absolute atomic E-state index is 12.7. The van der Waals surface area contributed by atoms with Crippen LogP contribution in [0, 0.1) is 5.82 Å². The summed E-state index contributed by atoms with van der Waals surface area (Å²) in [7, 11) is 0. The van der Waals surface area contributed by atoms with Gasteiger partial charge in [0.05, 0.1) is 0 Å². The lowest BCUT2D eigenvalue weighted by atomic mass is 9.94. The molecule has 2 rings (SSSR count). The number of unbranched alkanes of at least 4 members (excludes halogenated alkanes) is 4. The van der Waals surface area contributed by atoms with Gasteiger partial charge in [0.25, 0.3) is 0 Å². The predicted octanol–water partition coefficient (Wildman–Crippen LogP) is 4.91. The van der Waals surface area contributed by atoms with Gasteiger partial charge in [-0.25, -0.2) is 4.39 Å². The van der Waals surface area contributed by atoms with E-state index in [1.54, 1.807) is 12.1 Å². The molecule has 0 aliphatic carbocycles. The molecule has 1 fully saturated rings. The van der Waals surface area contributed by atoms with Crippen LogP contribution in [0.5, 0.6) is 0 Å². The fraction of sp³-hybridized carbons (Fsp3) is 0.625. The van der Waals surface area contributed by atoms with Crippen molar-refractivity contribution in [2.75, 3.05) is 13.1 Å². The zero-order chi connectivity index (χ0) is 13.2. The molecule has 1 aliphatic heterocycles. The summed E-state index contributed by atoms with van der Waals surface area (Å²) in [6.45, 7) is 6.47. The van der Waals surface area contributed by atoms with Crippen LogP contribution in [0.25, 0.3) is 0 Å². The van der Waals surface area contributed by atoms with Crippen molar-refractivity contribution >= 4 is 12.4 Å². The Morgan fingerprint density at radius 2 is 1.74 bits per heavy atom. The van der Waals surface area contributed by atoms with Gasteiger partial charge in [-0.15, -0.1) is 12.4 Å². The van der Waals surface area contributed by atoms with Gasteiger partial charge >= 0.3 is 0 Å². The third-order valence-electron chi connectivity index (χ3n) is 3.31. The quantitative estimate of drug-likeness (QED) is 0.759. The molecular weight excluding hydrogens is 261 g/mol. The molecular formula is C16H27ClFN. The van der Waals surface area contributed by atoms with Gasteiger partial charge in [0.15, 0.2) is 0 Å². The second-order valence-electron chi connectivity index (χ2n) is 4.97. The Morgan fingerprint density at radius 3 is 2.16 bits per heavy atom. The highest BCUT2D eigenvalue weighted by Gasteiger charge is 2.18. The lowest BCUT2D eigenvalue weighted by molar-refractivity contribution is 0.446. The summed E-state index contributed by atoms with van der Waals surface area (Å²) in [4.78, 5) is 0. The molecule has 1 saturated heterocycles. The molecule has 0 unspecified atom stereocenters. The number of nitrogens with one attached hydrogen (secondary N) is 1. The van der Waals surface area contributed by atoms with Gasteiger partial charge in [-0.3, -0.25) is 0 Å². The molecule has 0 amide bonds. The lowest BCUT2D eigenvalue weighted by Crippen LogP contribution is -2.39. The summed E-state index contributed by atoms with van der Waals surface area (Å²) in [6.07, 6.45) is 7.01. The van der Waals surface area contributed by atoms with Gasteiger partial charge in [-0.2, -0.15) is 0 Å². The molecule has 1 nitrogen and oxygen atoms in total. The van der Waals surface area contributed by atoms with Crippen molar-refractivity contribution in [3.63, 3.8) is 0 Å². The Hall–Kier alpha value is -0.600. The molecule has 0 radical (unpaired) electrons.